The van der Waals surface area contributed by atoms with Gasteiger partial charge in [0.2, 0.25) is 0 Å². The summed E-state index contributed by atoms with van der Waals surface area (Å²) in [5, 5.41) is 18.1. The number of aromatic carboxylic acids is 1. The van der Waals surface area contributed by atoms with Gasteiger partial charge in [-0.3, -0.25) is 9.48 Å². The third kappa shape index (κ3) is 6.96. The number of benzene rings is 3. The van der Waals surface area contributed by atoms with Gasteiger partial charge in [-0.1, -0.05) is 35.7 Å². The van der Waals surface area contributed by atoms with Crippen molar-refractivity contribution in [2.45, 2.75) is 79.2 Å². The zero-order valence-corrected chi connectivity index (χ0v) is 36.0. The maximum Gasteiger partial charge on any atom is 0.352 e. The van der Waals surface area contributed by atoms with E-state index < -0.39 is 5.97 Å². The van der Waals surface area contributed by atoms with Crippen LogP contribution in [0.4, 0.5) is 5.69 Å². The van der Waals surface area contributed by atoms with Crippen LogP contribution in [0.5, 0.6) is 5.75 Å². The number of aromatic nitrogens is 4. The van der Waals surface area contributed by atoms with Crippen LogP contribution in [0.1, 0.15) is 93.3 Å². The molecule has 1 unspecified atom stereocenters. The Morgan fingerprint density at radius 1 is 0.931 bits per heavy atom. The minimum atomic E-state index is -1.00. The maximum absolute atomic E-state index is 15.5. The number of piperidine rings is 1. The number of carboxylic acid groups (broad SMARTS) is 1. The maximum atomic E-state index is 15.5. The lowest BCUT2D eigenvalue weighted by Gasteiger charge is -2.35. The van der Waals surface area contributed by atoms with E-state index in [0.29, 0.717) is 36.7 Å². The fourth-order valence-corrected chi connectivity index (χ4v) is 9.86. The molecular formula is C46H52Cl2N6O4. The molecule has 8 rings (SSSR count). The number of carboxylic acids is 1. The molecule has 10 nitrogen and oxygen atoms in total. The van der Waals surface area contributed by atoms with Crippen molar-refractivity contribution in [3.05, 3.63) is 97.5 Å². The second-order valence-corrected chi connectivity index (χ2v) is 17.2. The molecule has 2 aliphatic rings. The van der Waals surface area contributed by atoms with E-state index in [-0.39, 0.29) is 17.6 Å². The monoisotopic (exact) mass is 822 g/mol. The van der Waals surface area contributed by atoms with E-state index in [4.69, 9.17) is 33.0 Å². The van der Waals surface area contributed by atoms with E-state index in [1.165, 1.54) is 19.3 Å². The Hall–Kier alpha value is -4.77. The van der Waals surface area contributed by atoms with Gasteiger partial charge >= 0.3 is 5.97 Å². The summed E-state index contributed by atoms with van der Waals surface area (Å²) in [6.45, 7) is 14.1. The largest absolute Gasteiger partial charge is 0.494 e. The van der Waals surface area contributed by atoms with E-state index in [9.17, 15) is 9.90 Å². The number of carbonyl (C=O) groups excluding carboxylic acids is 1. The van der Waals surface area contributed by atoms with Gasteiger partial charge < -0.3 is 28.8 Å². The number of amides is 1. The Labute approximate surface area is 349 Å². The van der Waals surface area contributed by atoms with Crippen LogP contribution in [-0.2, 0) is 26.9 Å². The van der Waals surface area contributed by atoms with E-state index in [1.807, 2.05) is 62.5 Å². The highest BCUT2D eigenvalue weighted by Gasteiger charge is 2.38. The van der Waals surface area contributed by atoms with Gasteiger partial charge in [0.15, 0.2) is 0 Å². The minimum absolute atomic E-state index is 0.122. The normalized spacial score (nSPS) is 16.2. The predicted octanol–water partition coefficient (Wildman–Crippen LogP) is 10.0. The Bertz CT molecular complexity index is 2590. The van der Waals surface area contributed by atoms with Crippen molar-refractivity contribution < 1.29 is 19.4 Å². The van der Waals surface area contributed by atoms with Crippen molar-refractivity contribution in [2.75, 3.05) is 37.7 Å². The van der Waals surface area contributed by atoms with Crippen LogP contribution in [0.15, 0.2) is 42.5 Å². The molecule has 0 saturated carbocycles. The second kappa shape index (κ2) is 15.8. The van der Waals surface area contributed by atoms with Crippen LogP contribution < -0.4 is 9.64 Å². The standard InChI is InChI=1S/C46H52Cl2N6O4/c1-26-20-33(21-27(2)41(26)48)58-19-11-12-34-35-13-14-36(47)40(39-29(4)49-51(7)30(39)5)43(35)54-28(3)25-53(45(55)44(34)54)37-23-31(15-18-52-16-9-8-10-17-52)22-32-24-38(46(56)57)50(6)42(32)37/h13-14,20-24,28H,8-12,15-19,25H2,1-7H3,(H,56,57). The molecule has 6 aromatic rings. The van der Waals surface area contributed by atoms with Gasteiger partial charge in [0.05, 0.1) is 34.0 Å². The number of fused-ring (bicyclic) bond motifs is 4. The third-order valence-electron chi connectivity index (χ3n) is 12.4. The summed E-state index contributed by atoms with van der Waals surface area (Å²) < 4.78 is 12.1. The molecule has 0 spiro atoms. The molecule has 304 valence electrons. The van der Waals surface area contributed by atoms with Gasteiger partial charge in [0.25, 0.3) is 5.91 Å². The second-order valence-electron chi connectivity index (χ2n) is 16.4. The zero-order chi connectivity index (χ0) is 41.2. The molecule has 1 N–H and O–H groups in total. The highest BCUT2D eigenvalue weighted by Crippen LogP contribution is 2.46. The van der Waals surface area contributed by atoms with Crippen molar-refractivity contribution in [1.29, 1.82) is 0 Å². The van der Waals surface area contributed by atoms with Gasteiger partial charge in [0, 0.05) is 65.8 Å². The Balaban J connectivity index is 1.26. The molecule has 3 aromatic carbocycles. The van der Waals surface area contributed by atoms with Crippen molar-refractivity contribution in [3.8, 4) is 16.9 Å². The molecule has 1 atom stereocenters. The molecule has 1 amide bonds. The summed E-state index contributed by atoms with van der Waals surface area (Å²) in [7, 11) is 3.72. The number of aryl methyl sites for hydroxylation is 6. The molecule has 0 radical (unpaired) electrons. The number of likely N-dealkylation sites (tertiary alicyclic amines) is 1. The number of carbonyl (C=O) groups is 2. The summed E-state index contributed by atoms with van der Waals surface area (Å²) in [6.07, 6.45) is 5.74. The summed E-state index contributed by atoms with van der Waals surface area (Å²) in [5.74, 6) is -0.358. The molecule has 2 aliphatic heterocycles. The van der Waals surface area contributed by atoms with Crippen LogP contribution in [0, 0.1) is 27.7 Å². The Morgan fingerprint density at radius 3 is 2.33 bits per heavy atom. The van der Waals surface area contributed by atoms with E-state index in [2.05, 4.69) is 34.6 Å². The quantitative estimate of drug-likeness (QED) is 0.131. The highest BCUT2D eigenvalue weighted by atomic mass is 35.5. The first-order chi connectivity index (χ1) is 27.7. The first-order valence-corrected chi connectivity index (χ1v) is 21.2. The summed E-state index contributed by atoms with van der Waals surface area (Å²) >= 11 is 13.6. The summed E-state index contributed by atoms with van der Waals surface area (Å²) in [4.78, 5) is 32.3. The Kier molecular flexibility index (Phi) is 10.9. The van der Waals surface area contributed by atoms with Gasteiger partial charge in [-0.25, -0.2) is 4.79 Å². The first-order valence-electron chi connectivity index (χ1n) is 20.4. The topological polar surface area (TPSA) is 97.8 Å². The lowest BCUT2D eigenvalue weighted by atomic mass is 9.98. The van der Waals surface area contributed by atoms with Crippen LogP contribution in [0.2, 0.25) is 10.0 Å². The van der Waals surface area contributed by atoms with Gasteiger partial charge in [0.1, 0.15) is 17.1 Å². The summed E-state index contributed by atoms with van der Waals surface area (Å²) in [6, 6.07) is 13.7. The Morgan fingerprint density at radius 2 is 1.66 bits per heavy atom. The first kappa shape index (κ1) is 40.0. The lowest BCUT2D eigenvalue weighted by molar-refractivity contribution is 0.0687. The molecule has 3 aromatic heterocycles. The number of anilines is 1. The summed E-state index contributed by atoms with van der Waals surface area (Å²) in [5.41, 5.74) is 10.9. The molecule has 0 bridgehead atoms. The average molecular weight is 824 g/mol. The molecular weight excluding hydrogens is 771 g/mol. The van der Waals surface area contributed by atoms with Gasteiger partial charge in [-0.15, -0.1) is 0 Å². The highest BCUT2D eigenvalue weighted by molar-refractivity contribution is 6.35. The molecule has 1 saturated heterocycles. The number of hydrogen-bond acceptors (Lipinski definition) is 5. The van der Waals surface area contributed by atoms with E-state index in [1.54, 1.807) is 17.7 Å². The van der Waals surface area contributed by atoms with Gasteiger partial charge in [-0.2, -0.15) is 5.10 Å². The minimum Gasteiger partial charge on any atom is -0.494 e. The van der Waals surface area contributed by atoms with Crippen molar-refractivity contribution in [1.82, 2.24) is 23.8 Å². The molecule has 5 heterocycles. The number of halogens is 2. The predicted molar refractivity (Wildman–Crippen MR) is 234 cm³/mol. The fraction of sp³-hybridized carbons (Fsp3) is 0.413. The zero-order valence-electron chi connectivity index (χ0n) is 34.5. The van der Waals surface area contributed by atoms with E-state index >= 15 is 4.79 Å². The number of nitrogens with zero attached hydrogens (tertiary/aromatic N) is 6. The van der Waals surface area contributed by atoms with Crippen molar-refractivity contribution in [3.63, 3.8) is 0 Å². The van der Waals surface area contributed by atoms with Crippen molar-refractivity contribution in [2.24, 2.45) is 14.1 Å². The smallest absolute Gasteiger partial charge is 0.352 e. The average Bonchev–Trinajstić information content (AvgIpc) is 3.80. The molecule has 0 aliphatic carbocycles. The molecule has 12 heteroatoms. The van der Waals surface area contributed by atoms with Crippen LogP contribution in [0.3, 0.4) is 0 Å². The van der Waals surface area contributed by atoms with Crippen molar-refractivity contribution >= 4 is 62.6 Å². The lowest BCUT2D eigenvalue weighted by Crippen LogP contribution is -2.43. The fourth-order valence-electron chi connectivity index (χ4n) is 9.50. The van der Waals surface area contributed by atoms with Crippen LogP contribution in [0.25, 0.3) is 32.9 Å². The SMILES string of the molecule is Cc1cc(OCCCc2c3n(c4c(-c5c(C)nn(C)c5C)c(Cl)ccc24)C(C)CN(c2cc(CCN4CCCCC4)cc4cc(C(=O)O)n(C)c24)C3=O)cc(C)c1Cl. The van der Waals surface area contributed by atoms with E-state index in [0.717, 1.165) is 109 Å². The number of rotatable bonds is 11. The molecule has 58 heavy (non-hydrogen) atoms. The molecule has 1 fully saturated rings. The van der Waals surface area contributed by atoms with Crippen LogP contribution in [-0.4, -0.2) is 73.6 Å². The van der Waals surface area contributed by atoms with Crippen LogP contribution >= 0.6 is 23.2 Å². The number of ether oxygens (including phenoxy) is 1. The third-order valence-corrected chi connectivity index (χ3v) is 13.3. The number of hydrogen-bond donors (Lipinski definition) is 1. The van der Waals surface area contributed by atoms with Gasteiger partial charge in [-0.05, 0) is 138 Å².